The molecular weight excluding hydrogens is 410 g/mol. The van der Waals surface area contributed by atoms with E-state index in [0.29, 0.717) is 33.9 Å². The third-order valence-corrected chi connectivity index (χ3v) is 6.79. The summed E-state index contributed by atoms with van der Waals surface area (Å²) in [6.45, 7) is 1.24. The van der Waals surface area contributed by atoms with Crippen molar-refractivity contribution in [3.63, 3.8) is 0 Å². The molecule has 1 fully saturated rings. The molecule has 150 valence electrons. The number of benzene rings is 2. The highest BCUT2D eigenvalue weighted by atomic mass is 32.2. The molecule has 1 saturated heterocycles. The number of likely N-dealkylation sites (tertiary alicyclic amines) is 1. The van der Waals surface area contributed by atoms with E-state index in [1.807, 2.05) is 6.07 Å². The average molecular weight is 430 g/mol. The van der Waals surface area contributed by atoms with Gasteiger partial charge in [0.1, 0.15) is 0 Å². The van der Waals surface area contributed by atoms with Gasteiger partial charge >= 0.3 is 0 Å². The van der Waals surface area contributed by atoms with Crippen LogP contribution in [0.5, 0.6) is 0 Å². The Kier molecular flexibility index (Phi) is 5.10. The highest BCUT2D eigenvalue weighted by molar-refractivity contribution is 7.90. The second-order valence-corrected chi connectivity index (χ2v) is 10.0. The van der Waals surface area contributed by atoms with Crippen LogP contribution in [0.25, 0.3) is 10.2 Å². The van der Waals surface area contributed by atoms with Crippen molar-refractivity contribution < 1.29 is 18.0 Å². The van der Waals surface area contributed by atoms with Crippen molar-refractivity contribution in [1.29, 1.82) is 0 Å². The van der Waals surface area contributed by atoms with Crippen molar-refractivity contribution in [3.05, 3.63) is 53.6 Å². The van der Waals surface area contributed by atoms with Crippen LogP contribution in [-0.2, 0) is 21.2 Å². The Labute approximate surface area is 172 Å². The van der Waals surface area contributed by atoms with Gasteiger partial charge in [0.15, 0.2) is 15.0 Å². The van der Waals surface area contributed by atoms with Gasteiger partial charge in [0.2, 0.25) is 5.91 Å². The van der Waals surface area contributed by atoms with Crippen molar-refractivity contribution >= 4 is 48.3 Å². The molecule has 4 rings (SSSR count). The molecule has 2 heterocycles. The number of hydrogen-bond acceptors (Lipinski definition) is 6. The lowest BCUT2D eigenvalue weighted by Gasteiger charge is -2.15. The molecule has 0 radical (unpaired) electrons. The molecule has 0 saturated carbocycles. The second-order valence-electron chi connectivity index (χ2n) is 6.99. The fourth-order valence-electron chi connectivity index (χ4n) is 3.26. The van der Waals surface area contributed by atoms with E-state index < -0.39 is 9.84 Å². The van der Waals surface area contributed by atoms with Crippen molar-refractivity contribution in [3.8, 4) is 0 Å². The van der Waals surface area contributed by atoms with E-state index in [-0.39, 0.29) is 16.7 Å². The van der Waals surface area contributed by atoms with Gasteiger partial charge in [-0.25, -0.2) is 13.4 Å². The molecule has 1 aliphatic rings. The summed E-state index contributed by atoms with van der Waals surface area (Å²) in [4.78, 5) is 30.8. The van der Waals surface area contributed by atoms with E-state index in [0.717, 1.165) is 24.8 Å². The van der Waals surface area contributed by atoms with E-state index in [4.69, 9.17) is 0 Å². The summed E-state index contributed by atoms with van der Waals surface area (Å²) in [7, 11) is -3.31. The predicted molar refractivity (Wildman–Crippen MR) is 112 cm³/mol. The summed E-state index contributed by atoms with van der Waals surface area (Å²) in [5.74, 6) is -0.162. The van der Waals surface area contributed by atoms with Crippen LogP contribution in [-0.4, -0.2) is 42.9 Å². The van der Waals surface area contributed by atoms with Crippen LogP contribution in [0, 0.1) is 0 Å². The third-order valence-electron chi connectivity index (χ3n) is 4.74. The molecule has 2 aromatic carbocycles. The summed E-state index contributed by atoms with van der Waals surface area (Å²) < 4.78 is 24.1. The number of thiazole rings is 1. The molecule has 1 aliphatic heterocycles. The summed E-state index contributed by atoms with van der Waals surface area (Å²) in [6, 6.07) is 11.9. The molecule has 0 atom stereocenters. The maximum Gasteiger partial charge on any atom is 0.257 e. The van der Waals surface area contributed by atoms with Crippen molar-refractivity contribution in [2.45, 2.75) is 24.3 Å². The van der Waals surface area contributed by atoms with Gasteiger partial charge in [-0.05, 0) is 42.3 Å². The lowest BCUT2D eigenvalue weighted by Crippen LogP contribution is -2.24. The zero-order valence-electron chi connectivity index (χ0n) is 15.7. The van der Waals surface area contributed by atoms with Gasteiger partial charge in [-0.15, -0.1) is 0 Å². The first-order valence-electron chi connectivity index (χ1n) is 9.08. The number of rotatable bonds is 5. The Bertz CT molecular complexity index is 1220. The number of carbonyl (C=O) groups excluding carboxylic acids is 2. The quantitative estimate of drug-likeness (QED) is 0.672. The van der Waals surface area contributed by atoms with Gasteiger partial charge in [-0.1, -0.05) is 23.5 Å². The fourth-order valence-corrected chi connectivity index (χ4v) is 4.88. The SMILES string of the molecule is CS(=O)(=O)c1ccc2nc(NC(=O)c3cccc(CN4CCCC4=O)c3)sc2c1. The highest BCUT2D eigenvalue weighted by Crippen LogP contribution is 2.28. The maximum atomic E-state index is 12.6. The third kappa shape index (κ3) is 4.30. The van der Waals surface area contributed by atoms with Gasteiger partial charge in [0.05, 0.1) is 15.1 Å². The number of anilines is 1. The first-order chi connectivity index (χ1) is 13.8. The lowest BCUT2D eigenvalue weighted by molar-refractivity contribution is -0.128. The minimum atomic E-state index is -3.31. The van der Waals surface area contributed by atoms with Gasteiger partial charge < -0.3 is 4.90 Å². The number of fused-ring (bicyclic) bond motifs is 1. The lowest BCUT2D eigenvalue weighted by atomic mass is 10.1. The maximum absolute atomic E-state index is 12.6. The van der Waals surface area contributed by atoms with Crippen molar-refractivity contribution in [1.82, 2.24) is 9.88 Å². The molecule has 9 heteroatoms. The summed E-state index contributed by atoms with van der Waals surface area (Å²) in [5.41, 5.74) is 2.00. The first-order valence-corrected chi connectivity index (χ1v) is 11.8. The molecule has 1 N–H and O–H groups in total. The molecular formula is C20H19N3O4S2. The smallest absolute Gasteiger partial charge is 0.257 e. The molecule has 0 aliphatic carbocycles. The number of carbonyl (C=O) groups is 2. The van der Waals surface area contributed by atoms with Gasteiger partial charge in [-0.2, -0.15) is 0 Å². The van der Waals surface area contributed by atoms with Crippen LogP contribution >= 0.6 is 11.3 Å². The fraction of sp³-hybridized carbons (Fsp3) is 0.250. The number of sulfone groups is 1. The van der Waals surface area contributed by atoms with Crippen LogP contribution < -0.4 is 5.32 Å². The average Bonchev–Trinajstić information content (AvgIpc) is 3.26. The first kappa shape index (κ1) is 19.5. The van der Waals surface area contributed by atoms with E-state index in [1.54, 1.807) is 35.2 Å². The van der Waals surface area contributed by atoms with Crippen molar-refractivity contribution in [2.24, 2.45) is 0 Å². The molecule has 1 aromatic heterocycles. The standard InChI is InChI=1S/C20H19N3O4S2/c1-29(26,27)15-7-8-16-17(11-15)28-20(21-16)22-19(25)14-5-2-4-13(10-14)12-23-9-3-6-18(23)24/h2,4-5,7-8,10-11H,3,6,9,12H2,1H3,(H,21,22,25). The topological polar surface area (TPSA) is 96.4 Å². The molecule has 7 nitrogen and oxygen atoms in total. The molecule has 0 unspecified atom stereocenters. The minimum absolute atomic E-state index is 0.141. The monoisotopic (exact) mass is 429 g/mol. The molecule has 3 aromatic rings. The number of nitrogens with zero attached hydrogens (tertiary/aromatic N) is 2. The minimum Gasteiger partial charge on any atom is -0.338 e. The van der Waals surface area contributed by atoms with Crippen LogP contribution in [0.2, 0.25) is 0 Å². The number of nitrogens with one attached hydrogen (secondary N) is 1. The summed E-state index contributed by atoms with van der Waals surface area (Å²) >= 11 is 1.22. The molecule has 2 amide bonds. The zero-order chi connectivity index (χ0) is 20.6. The molecule has 29 heavy (non-hydrogen) atoms. The van der Waals surface area contributed by atoms with Crippen molar-refractivity contribution in [2.75, 3.05) is 18.1 Å². The Balaban J connectivity index is 1.52. The summed E-state index contributed by atoms with van der Waals surface area (Å²) in [5, 5.41) is 3.17. The number of hydrogen-bond donors (Lipinski definition) is 1. The number of aromatic nitrogens is 1. The van der Waals surface area contributed by atoms with E-state index in [2.05, 4.69) is 10.3 Å². The second kappa shape index (κ2) is 7.57. The molecule has 0 bridgehead atoms. The number of amides is 2. The van der Waals surface area contributed by atoms with Gasteiger partial charge in [0, 0.05) is 31.3 Å². The predicted octanol–water partition coefficient (Wildman–Crippen LogP) is 3.07. The van der Waals surface area contributed by atoms with Crippen LogP contribution in [0.3, 0.4) is 0 Å². The van der Waals surface area contributed by atoms with Crippen LogP contribution in [0.4, 0.5) is 5.13 Å². The highest BCUT2D eigenvalue weighted by Gasteiger charge is 2.20. The van der Waals surface area contributed by atoms with Crippen LogP contribution in [0.15, 0.2) is 47.4 Å². The largest absolute Gasteiger partial charge is 0.338 e. The Morgan fingerprint density at radius 1 is 1.24 bits per heavy atom. The van der Waals surface area contributed by atoms with Gasteiger partial charge in [0.25, 0.3) is 5.91 Å². The molecule has 0 spiro atoms. The Morgan fingerprint density at radius 2 is 2.07 bits per heavy atom. The summed E-state index contributed by atoms with van der Waals surface area (Å²) in [6.07, 6.45) is 2.61. The van der Waals surface area contributed by atoms with E-state index >= 15 is 0 Å². The van der Waals surface area contributed by atoms with E-state index in [9.17, 15) is 18.0 Å². The Morgan fingerprint density at radius 3 is 2.79 bits per heavy atom. The van der Waals surface area contributed by atoms with Crippen LogP contribution in [0.1, 0.15) is 28.8 Å². The van der Waals surface area contributed by atoms with E-state index in [1.165, 1.54) is 17.4 Å². The van der Waals surface area contributed by atoms with Gasteiger partial charge in [-0.3, -0.25) is 14.9 Å². The normalized spacial score (nSPS) is 14.5. The Hall–Kier alpha value is -2.78. The zero-order valence-corrected chi connectivity index (χ0v) is 17.3.